The van der Waals surface area contributed by atoms with Crippen molar-refractivity contribution in [2.75, 3.05) is 11.9 Å². The normalized spacial score (nSPS) is 15.0. The van der Waals surface area contributed by atoms with Gasteiger partial charge in [0.1, 0.15) is 10.6 Å². The van der Waals surface area contributed by atoms with Crippen molar-refractivity contribution < 1.29 is 17.9 Å². The number of anilines is 1. The van der Waals surface area contributed by atoms with Crippen LogP contribution < -0.4 is 10.1 Å². The molecule has 0 saturated heterocycles. The Bertz CT molecular complexity index is 572. The summed E-state index contributed by atoms with van der Waals surface area (Å²) in [6, 6.07) is 2.70. The molecule has 1 aliphatic heterocycles. The van der Waals surface area contributed by atoms with Gasteiger partial charge in [0.25, 0.3) is 15.0 Å². The van der Waals surface area contributed by atoms with Crippen molar-refractivity contribution in [2.24, 2.45) is 0 Å². The van der Waals surface area contributed by atoms with E-state index < -0.39 is 9.05 Å². The summed E-state index contributed by atoms with van der Waals surface area (Å²) in [6.07, 6.45) is 0. The summed E-state index contributed by atoms with van der Waals surface area (Å²) >= 11 is 3.06. The van der Waals surface area contributed by atoms with Crippen LogP contribution in [-0.2, 0) is 13.8 Å². The fourth-order valence-electron chi connectivity index (χ4n) is 1.27. The first-order valence-electron chi connectivity index (χ1n) is 4.09. The molecule has 0 aliphatic carbocycles. The van der Waals surface area contributed by atoms with Gasteiger partial charge in [0.2, 0.25) is 0 Å². The first-order valence-corrected chi connectivity index (χ1v) is 7.19. The van der Waals surface area contributed by atoms with Crippen molar-refractivity contribution in [3.05, 3.63) is 16.6 Å². The second-order valence-corrected chi connectivity index (χ2v) is 6.44. The van der Waals surface area contributed by atoms with Crippen molar-refractivity contribution in [3.8, 4) is 5.75 Å². The Morgan fingerprint density at radius 1 is 1.44 bits per heavy atom. The average molecular weight is 327 g/mol. The molecule has 1 aromatic rings. The summed E-state index contributed by atoms with van der Waals surface area (Å²) < 4.78 is 27.7. The van der Waals surface area contributed by atoms with Crippen molar-refractivity contribution in [1.82, 2.24) is 0 Å². The maximum Gasteiger partial charge on any atom is 0.262 e. The van der Waals surface area contributed by atoms with Crippen molar-refractivity contribution in [3.63, 3.8) is 0 Å². The second-order valence-electron chi connectivity index (χ2n) is 3.05. The van der Waals surface area contributed by atoms with Crippen LogP contribution in [0.4, 0.5) is 5.69 Å². The Balaban J connectivity index is 2.59. The van der Waals surface area contributed by atoms with E-state index in [9.17, 15) is 13.2 Å². The molecular weight excluding hydrogens is 322 g/mol. The smallest absolute Gasteiger partial charge is 0.262 e. The Morgan fingerprint density at radius 2 is 2.12 bits per heavy atom. The van der Waals surface area contributed by atoms with Gasteiger partial charge in [-0.3, -0.25) is 4.79 Å². The van der Waals surface area contributed by atoms with Gasteiger partial charge in [-0.15, -0.1) is 0 Å². The van der Waals surface area contributed by atoms with Crippen LogP contribution in [0.25, 0.3) is 0 Å². The SMILES string of the molecule is O=C1COc2cc(S(=O)(=O)Cl)c(Br)cc2N1. The van der Waals surface area contributed by atoms with Crippen LogP contribution in [0, 0.1) is 0 Å². The van der Waals surface area contributed by atoms with E-state index in [1.165, 1.54) is 12.1 Å². The lowest BCUT2D eigenvalue weighted by molar-refractivity contribution is -0.118. The first-order chi connectivity index (χ1) is 7.38. The number of hydrogen-bond acceptors (Lipinski definition) is 4. The molecule has 0 aromatic heterocycles. The average Bonchev–Trinajstić information content (AvgIpc) is 2.14. The summed E-state index contributed by atoms with van der Waals surface area (Å²) in [5.41, 5.74) is 0.409. The molecule has 0 unspecified atom stereocenters. The lowest BCUT2D eigenvalue weighted by Crippen LogP contribution is -2.25. The molecule has 8 heteroatoms. The van der Waals surface area contributed by atoms with Gasteiger partial charge in [0.15, 0.2) is 6.61 Å². The number of rotatable bonds is 1. The highest BCUT2D eigenvalue weighted by molar-refractivity contribution is 9.10. The molecule has 1 N–H and O–H groups in total. The quantitative estimate of drug-likeness (QED) is 0.797. The third-order valence-electron chi connectivity index (χ3n) is 1.93. The molecule has 16 heavy (non-hydrogen) atoms. The number of hydrogen-bond donors (Lipinski definition) is 1. The number of amides is 1. The number of benzene rings is 1. The lowest BCUT2D eigenvalue weighted by atomic mass is 10.2. The fourth-order valence-corrected chi connectivity index (χ4v) is 3.45. The van der Waals surface area contributed by atoms with Crippen molar-refractivity contribution in [2.45, 2.75) is 4.90 Å². The number of carbonyl (C=O) groups is 1. The van der Waals surface area contributed by atoms with Crippen LogP contribution in [0.2, 0.25) is 0 Å². The second kappa shape index (κ2) is 3.90. The van der Waals surface area contributed by atoms with E-state index in [1.807, 2.05) is 0 Å². The lowest BCUT2D eigenvalue weighted by Gasteiger charge is -2.18. The Hall–Kier alpha value is -0.790. The van der Waals surface area contributed by atoms with Gasteiger partial charge in [-0.05, 0) is 22.0 Å². The molecule has 5 nitrogen and oxygen atoms in total. The predicted molar refractivity (Wildman–Crippen MR) is 61.3 cm³/mol. The summed E-state index contributed by atoms with van der Waals surface area (Å²) in [6.45, 7) is -0.142. The van der Waals surface area contributed by atoms with Crippen LogP contribution in [0.3, 0.4) is 0 Å². The van der Waals surface area contributed by atoms with Crippen LogP contribution >= 0.6 is 26.6 Å². The summed E-state index contributed by atoms with van der Waals surface area (Å²) in [5.74, 6) is -0.0112. The molecule has 0 fully saturated rings. The van der Waals surface area contributed by atoms with Crippen molar-refractivity contribution in [1.29, 1.82) is 0 Å². The maximum absolute atomic E-state index is 11.2. The highest BCUT2D eigenvalue weighted by Gasteiger charge is 2.22. The minimum absolute atomic E-state index is 0.0935. The molecule has 1 amide bonds. The molecule has 0 bridgehead atoms. The Kier molecular flexibility index (Phi) is 2.85. The summed E-state index contributed by atoms with van der Waals surface area (Å²) in [7, 11) is 1.39. The molecule has 1 aliphatic rings. The minimum Gasteiger partial charge on any atom is -0.482 e. The first kappa shape index (κ1) is 11.7. The fraction of sp³-hybridized carbons (Fsp3) is 0.125. The summed E-state index contributed by atoms with van der Waals surface area (Å²) in [5, 5.41) is 2.55. The Labute approximate surface area is 104 Å². The molecule has 86 valence electrons. The van der Waals surface area contributed by atoms with E-state index >= 15 is 0 Å². The van der Waals surface area contributed by atoms with E-state index in [2.05, 4.69) is 21.2 Å². The molecule has 0 atom stereocenters. The third-order valence-corrected chi connectivity index (χ3v) is 4.21. The number of carbonyl (C=O) groups excluding carboxylic acids is 1. The predicted octanol–water partition coefficient (Wildman–Crippen LogP) is 1.71. The van der Waals surface area contributed by atoms with Gasteiger partial charge in [-0.25, -0.2) is 8.42 Å². The largest absolute Gasteiger partial charge is 0.482 e. The topological polar surface area (TPSA) is 72.5 Å². The highest BCUT2D eigenvalue weighted by atomic mass is 79.9. The third kappa shape index (κ3) is 2.16. The van der Waals surface area contributed by atoms with Gasteiger partial charge in [0, 0.05) is 21.2 Å². The van der Waals surface area contributed by atoms with Crippen LogP contribution in [-0.4, -0.2) is 20.9 Å². The van der Waals surface area contributed by atoms with Crippen LogP contribution in [0.5, 0.6) is 5.75 Å². The van der Waals surface area contributed by atoms with E-state index in [0.29, 0.717) is 5.69 Å². The van der Waals surface area contributed by atoms with Gasteiger partial charge < -0.3 is 10.1 Å². The monoisotopic (exact) mass is 325 g/mol. The molecule has 2 rings (SSSR count). The molecule has 0 spiro atoms. The number of ether oxygens (including phenoxy) is 1. The number of fused-ring (bicyclic) bond motifs is 1. The van der Waals surface area contributed by atoms with E-state index in [1.54, 1.807) is 0 Å². The van der Waals surface area contributed by atoms with E-state index in [-0.39, 0.29) is 27.6 Å². The maximum atomic E-state index is 11.2. The van der Waals surface area contributed by atoms with E-state index in [4.69, 9.17) is 15.4 Å². The highest BCUT2D eigenvalue weighted by Crippen LogP contribution is 2.36. The molecule has 0 saturated carbocycles. The van der Waals surface area contributed by atoms with Gasteiger partial charge in [0.05, 0.1) is 5.69 Å². The van der Waals surface area contributed by atoms with Crippen molar-refractivity contribution >= 4 is 47.3 Å². The van der Waals surface area contributed by atoms with Crippen LogP contribution in [0.1, 0.15) is 0 Å². The zero-order valence-electron chi connectivity index (χ0n) is 7.66. The van der Waals surface area contributed by atoms with E-state index in [0.717, 1.165) is 0 Å². The molecule has 1 aromatic carbocycles. The molecule has 1 heterocycles. The number of halogens is 2. The zero-order valence-corrected chi connectivity index (χ0v) is 10.8. The number of nitrogens with one attached hydrogen (secondary N) is 1. The molecule has 0 radical (unpaired) electrons. The minimum atomic E-state index is -3.85. The Morgan fingerprint density at radius 3 is 2.75 bits per heavy atom. The van der Waals surface area contributed by atoms with Crippen LogP contribution in [0.15, 0.2) is 21.5 Å². The summed E-state index contributed by atoms with van der Waals surface area (Å²) in [4.78, 5) is 10.9. The standard InChI is InChI=1S/C8H5BrClNO4S/c9-4-1-5-6(15-3-8(12)11-5)2-7(4)16(10,13)14/h1-2H,3H2,(H,11,12). The van der Waals surface area contributed by atoms with Gasteiger partial charge in [-0.1, -0.05) is 0 Å². The van der Waals surface area contributed by atoms with Gasteiger partial charge >= 0.3 is 0 Å². The zero-order chi connectivity index (χ0) is 11.9. The molecular formula is C8H5BrClNO4S. The van der Waals surface area contributed by atoms with Gasteiger partial charge in [-0.2, -0.15) is 0 Å².